The van der Waals surface area contributed by atoms with Crippen molar-refractivity contribution in [1.29, 1.82) is 0 Å². The van der Waals surface area contributed by atoms with Gasteiger partial charge in [0.05, 0.1) is 5.69 Å². The highest BCUT2D eigenvalue weighted by atomic mass is 79.9. The smallest absolute Gasteiger partial charge is 0.204 e. The lowest BCUT2D eigenvalue weighted by Gasteiger charge is -2.21. The normalized spacial score (nSPS) is 23.5. The van der Waals surface area contributed by atoms with E-state index in [1.807, 2.05) is 24.6 Å². The van der Waals surface area contributed by atoms with Gasteiger partial charge in [0.15, 0.2) is 5.16 Å². The third kappa shape index (κ3) is 3.66. The van der Waals surface area contributed by atoms with Crippen LogP contribution in [0.4, 0.5) is 0 Å². The fourth-order valence-corrected chi connectivity index (χ4v) is 5.66. The lowest BCUT2D eigenvalue weighted by atomic mass is 9.95. The molecule has 1 saturated heterocycles. The molecule has 152 valence electrons. The number of fused-ring (bicyclic) bond motifs is 1. The number of hydrogen-bond donors (Lipinski definition) is 0. The number of likely N-dealkylation sites (tertiary alicyclic amines) is 1. The maximum absolute atomic E-state index is 5.31. The van der Waals surface area contributed by atoms with E-state index in [4.69, 9.17) is 4.52 Å². The van der Waals surface area contributed by atoms with Crippen molar-refractivity contribution in [3.05, 3.63) is 46.1 Å². The fourth-order valence-electron chi connectivity index (χ4n) is 4.56. The Balaban J connectivity index is 1.12. The first kappa shape index (κ1) is 19.3. The Morgan fingerprint density at radius 3 is 2.86 bits per heavy atom. The van der Waals surface area contributed by atoms with E-state index in [0.29, 0.717) is 11.2 Å². The third-order valence-electron chi connectivity index (χ3n) is 6.17. The summed E-state index contributed by atoms with van der Waals surface area (Å²) in [5.41, 5.74) is 2.78. The molecule has 1 unspecified atom stereocenters. The molecule has 29 heavy (non-hydrogen) atoms. The second kappa shape index (κ2) is 7.56. The Hall–Kier alpha value is -1.64. The minimum atomic E-state index is 0.418. The highest BCUT2D eigenvalue weighted by Gasteiger charge is 2.60. The van der Waals surface area contributed by atoms with Gasteiger partial charge in [0.25, 0.3) is 0 Å². The van der Waals surface area contributed by atoms with Crippen molar-refractivity contribution in [3.63, 3.8) is 0 Å². The van der Waals surface area contributed by atoms with E-state index in [1.165, 1.54) is 25.1 Å². The van der Waals surface area contributed by atoms with E-state index in [0.717, 1.165) is 45.8 Å². The molecule has 1 aliphatic carbocycles. The molecular weight excluding hydrogens is 450 g/mol. The molecule has 0 bridgehead atoms. The summed E-state index contributed by atoms with van der Waals surface area (Å²) in [5.74, 6) is 3.26. The van der Waals surface area contributed by atoms with Crippen molar-refractivity contribution < 1.29 is 4.52 Å². The number of thioether (sulfide) groups is 1. The molecular formula is C21H24BrN5OS. The van der Waals surface area contributed by atoms with Crippen molar-refractivity contribution in [2.24, 2.45) is 13.0 Å². The topological polar surface area (TPSA) is 60.0 Å². The second-order valence-electron chi connectivity index (χ2n) is 8.20. The van der Waals surface area contributed by atoms with Gasteiger partial charge in [-0.25, -0.2) is 0 Å². The van der Waals surface area contributed by atoms with Gasteiger partial charge in [-0.05, 0) is 49.9 Å². The maximum atomic E-state index is 5.31. The number of aromatic nitrogens is 4. The van der Waals surface area contributed by atoms with Crippen LogP contribution in [0.25, 0.3) is 11.6 Å². The summed E-state index contributed by atoms with van der Waals surface area (Å²) in [5, 5.41) is 13.4. The number of piperidine rings is 1. The number of aryl methyl sites for hydroxylation is 1. The summed E-state index contributed by atoms with van der Waals surface area (Å²) in [6, 6.07) is 10.8. The zero-order valence-electron chi connectivity index (χ0n) is 16.6. The van der Waals surface area contributed by atoms with Gasteiger partial charge in [0.2, 0.25) is 11.6 Å². The van der Waals surface area contributed by atoms with Gasteiger partial charge in [-0.1, -0.05) is 45.0 Å². The average Bonchev–Trinajstić information content (AvgIpc) is 3.03. The van der Waals surface area contributed by atoms with Gasteiger partial charge in [0, 0.05) is 41.8 Å². The van der Waals surface area contributed by atoms with Crippen LogP contribution in [0.2, 0.25) is 0 Å². The lowest BCUT2D eigenvalue weighted by molar-refractivity contribution is 0.299. The van der Waals surface area contributed by atoms with Crippen molar-refractivity contribution in [2.45, 2.75) is 30.3 Å². The molecule has 3 aromatic rings. The zero-order chi connectivity index (χ0) is 20.0. The Labute approximate surface area is 183 Å². The number of benzene rings is 1. The quantitative estimate of drug-likeness (QED) is 0.376. The van der Waals surface area contributed by atoms with Crippen LogP contribution in [0.5, 0.6) is 0 Å². The molecule has 2 aromatic heterocycles. The molecule has 2 atom stereocenters. The van der Waals surface area contributed by atoms with Gasteiger partial charge in [0.1, 0.15) is 0 Å². The molecule has 0 radical (unpaired) electrons. The average molecular weight is 474 g/mol. The van der Waals surface area contributed by atoms with Crippen LogP contribution in [-0.4, -0.2) is 50.2 Å². The molecule has 1 saturated carbocycles. The highest BCUT2D eigenvalue weighted by molar-refractivity contribution is 9.10. The summed E-state index contributed by atoms with van der Waals surface area (Å²) < 4.78 is 8.46. The SMILES string of the molecule is Cc1cc(-c2nnc(SCCCN3C[C@@H]4CC4(c4ccc(Br)cc4)C3)n2C)on1. The molecule has 6 nitrogen and oxygen atoms in total. The predicted molar refractivity (Wildman–Crippen MR) is 117 cm³/mol. The first-order valence-electron chi connectivity index (χ1n) is 9.99. The second-order valence-corrected chi connectivity index (χ2v) is 10.2. The lowest BCUT2D eigenvalue weighted by Crippen LogP contribution is -2.27. The zero-order valence-corrected chi connectivity index (χ0v) is 19.0. The first-order chi connectivity index (χ1) is 14.0. The van der Waals surface area contributed by atoms with Gasteiger partial charge < -0.3 is 14.0 Å². The fraction of sp³-hybridized carbons (Fsp3) is 0.476. The minimum absolute atomic E-state index is 0.418. The molecule has 0 amide bonds. The van der Waals surface area contributed by atoms with Crippen LogP contribution in [0.3, 0.4) is 0 Å². The van der Waals surface area contributed by atoms with Crippen LogP contribution < -0.4 is 0 Å². The minimum Gasteiger partial charge on any atom is -0.353 e. The summed E-state index contributed by atoms with van der Waals surface area (Å²) in [4.78, 5) is 2.64. The Morgan fingerprint density at radius 1 is 1.28 bits per heavy atom. The van der Waals surface area contributed by atoms with Crippen molar-refractivity contribution in [3.8, 4) is 11.6 Å². The summed E-state index contributed by atoms with van der Waals surface area (Å²) >= 11 is 5.30. The van der Waals surface area contributed by atoms with Gasteiger partial charge in [-0.3, -0.25) is 0 Å². The van der Waals surface area contributed by atoms with E-state index in [2.05, 4.69) is 60.4 Å². The van der Waals surface area contributed by atoms with Crippen molar-refractivity contribution in [2.75, 3.05) is 25.4 Å². The van der Waals surface area contributed by atoms with Crippen LogP contribution >= 0.6 is 27.7 Å². The molecule has 2 fully saturated rings. The third-order valence-corrected chi connectivity index (χ3v) is 7.80. The maximum Gasteiger partial charge on any atom is 0.204 e. The van der Waals surface area contributed by atoms with Crippen LogP contribution in [-0.2, 0) is 12.5 Å². The van der Waals surface area contributed by atoms with E-state index < -0.39 is 0 Å². The molecule has 5 rings (SSSR count). The molecule has 2 aliphatic rings. The van der Waals surface area contributed by atoms with Crippen LogP contribution in [0.1, 0.15) is 24.1 Å². The molecule has 0 N–H and O–H groups in total. The number of nitrogens with zero attached hydrogens (tertiary/aromatic N) is 5. The number of rotatable bonds is 7. The van der Waals surface area contributed by atoms with E-state index >= 15 is 0 Å². The summed E-state index contributed by atoms with van der Waals surface area (Å²) in [6.45, 7) is 5.48. The molecule has 0 spiro atoms. The molecule has 1 aliphatic heterocycles. The molecule has 3 heterocycles. The largest absolute Gasteiger partial charge is 0.353 e. The number of hydrogen-bond acceptors (Lipinski definition) is 6. The van der Waals surface area contributed by atoms with Gasteiger partial charge in [-0.15, -0.1) is 10.2 Å². The monoisotopic (exact) mass is 473 g/mol. The standard InChI is InChI=1S/C21H24BrN5OS/c1-14-10-18(28-25-14)19-23-24-20(26(19)2)29-9-3-8-27-12-16-11-21(16,13-27)15-4-6-17(22)7-5-15/h4-7,10,16H,3,8-9,11-13H2,1-2H3/t16-,21?/m0/s1. The molecule has 8 heteroatoms. The predicted octanol–water partition coefficient (Wildman–Crippen LogP) is 4.30. The summed E-state index contributed by atoms with van der Waals surface area (Å²) in [6.07, 6.45) is 2.50. The number of halogens is 1. The highest BCUT2D eigenvalue weighted by Crippen LogP contribution is 2.59. The van der Waals surface area contributed by atoms with E-state index in [-0.39, 0.29) is 0 Å². The van der Waals surface area contributed by atoms with Crippen molar-refractivity contribution >= 4 is 27.7 Å². The van der Waals surface area contributed by atoms with Gasteiger partial charge in [-0.2, -0.15) is 0 Å². The van der Waals surface area contributed by atoms with Crippen molar-refractivity contribution in [1.82, 2.24) is 24.8 Å². The Kier molecular flexibility index (Phi) is 5.04. The molecule has 1 aromatic carbocycles. The van der Waals surface area contributed by atoms with Crippen LogP contribution in [0.15, 0.2) is 44.5 Å². The summed E-state index contributed by atoms with van der Waals surface area (Å²) in [7, 11) is 1.98. The first-order valence-corrected chi connectivity index (χ1v) is 11.8. The van der Waals surface area contributed by atoms with E-state index in [1.54, 1.807) is 11.8 Å². The Morgan fingerprint density at radius 2 is 2.10 bits per heavy atom. The van der Waals surface area contributed by atoms with Gasteiger partial charge >= 0.3 is 0 Å². The Bertz CT molecular complexity index is 1020. The van der Waals surface area contributed by atoms with E-state index in [9.17, 15) is 0 Å². The van der Waals surface area contributed by atoms with Crippen LogP contribution in [0, 0.1) is 12.8 Å².